The third kappa shape index (κ3) is 2.50. The molecule has 0 aromatic heterocycles. The lowest BCUT2D eigenvalue weighted by atomic mass is 9.93. The molecule has 2 aromatic rings. The van der Waals surface area contributed by atoms with Crippen molar-refractivity contribution in [3.63, 3.8) is 0 Å². The zero-order valence-corrected chi connectivity index (χ0v) is 13.8. The number of carbonyl (C=O) groups excluding carboxylic acids is 3. The van der Waals surface area contributed by atoms with Crippen molar-refractivity contribution in [2.45, 2.75) is 6.04 Å². The molecule has 2 aromatic carbocycles. The van der Waals surface area contributed by atoms with Gasteiger partial charge in [-0.15, -0.1) is 0 Å². The normalized spacial score (nSPS) is 19.4. The minimum Gasteiger partial charge on any atom is -0.339 e. The highest BCUT2D eigenvalue weighted by atomic mass is 19.1. The lowest BCUT2D eigenvalue weighted by molar-refractivity contribution is -0.118. The molecule has 2 heterocycles. The predicted molar refractivity (Wildman–Crippen MR) is 92.7 cm³/mol. The van der Waals surface area contributed by atoms with E-state index in [0.29, 0.717) is 24.1 Å². The summed E-state index contributed by atoms with van der Waals surface area (Å²) in [6.07, 6.45) is 2.50. The highest BCUT2D eigenvalue weighted by Gasteiger charge is 2.42. The summed E-state index contributed by atoms with van der Waals surface area (Å²) in [5, 5.41) is 0. The van der Waals surface area contributed by atoms with Crippen molar-refractivity contribution in [2.75, 3.05) is 13.1 Å². The molecule has 2 aliphatic heterocycles. The van der Waals surface area contributed by atoms with Gasteiger partial charge in [0.25, 0.3) is 11.8 Å². The van der Waals surface area contributed by atoms with Crippen LogP contribution >= 0.6 is 0 Å². The highest BCUT2D eigenvalue weighted by molar-refractivity contribution is 6.22. The van der Waals surface area contributed by atoms with Crippen molar-refractivity contribution < 1.29 is 18.8 Å². The van der Waals surface area contributed by atoms with E-state index in [1.165, 1.54) is 21.9 Å². The van der Waals surface area contributed by atoms with Crippen LogP contribution in [0.25, 0.3) is 5.57 Å². The monoisotopic (exact) mass is 350 g/mol. The lowest BCUT2D eigenvalue weighted by Gasteiger charge is -2.35. The molecule has 1 atom stereocenters. The number of halogens is 1. The predicted octanol–water partition coefficient (Wildman–Crippen LogP) is 2.35. The molecule has 0 radical (unpaired) electrons. The van der Waals surface area contributed by atoms with Gasteiger partial charge in [-0.05, 0) is 35.4 Å². The molecule has 0 saturated carbocycles. The second-order valence-electron chi connectivity index (χ2n) is 6.27. The fourth-order valence-corrected chi connectivity index (χ4v) is 3.50. The number of amides is 3. The lowest BCUT2D eigenvalue weighted by Crippen LogP contribution is -2.49. The van der Waals surface area contributed by atoms with E-state index in [1.54, 1.807) is 42.5 Å². The van der Waals surface area contributed by atoms with Gasteiger partial charge >= 0.3 is 0 Å². The van der Waals surface area contributed by atoms with Crippen LogP contribution in [0.15, 0.2) is 54.6 Å². The van der Waals surface area contributed by atoms with Gasteiger partial charge < -0.3 is 4.90 Å². The van der Waals surface area contributed by atoms with E-state index in [0.717, 1.165) is 11.1 Å². The molecule has 4 rings (SSSR count). The molecule has 130 valence electrons. The zero-order valence-electron chi connectivity index (χ0n) is 13.8. The zero-order chi connectivity index (χ0) is 18.3. The molecule has 0 unspecified atom stereocenters. The first-order valence-corrected chi connectivity index (χ1v) is 8.22. The maximum absolute atomic E-state index is 13.3. The van der Waals surface area contributed by atoms with Crippen molar-refractivity contribution in [3.05, 3.63) is 77.1 Å². The van der Waals surface area contributed by atoms with Gasteiger partial charge in [0.1, 0.15) is 5.82 Å². The first-order valence-electron chi connectivity index (χ1n) is 8.22. The number of carbonyl (C=O) groups is 3. The Morgan fingerprint density at radius 2 is 1.58 bits per heavy atom. The van der Waals surface area contributed by atoms with Crippen LogP contribution < -0.4 is 0 Å². The molecular formula is C20H15FN2O3. The summed E-state index contributed by atoms with van der Waals surface area (Å²) >= 11 is 0. The van der Waals surface area contributed by atoms with Crippen LogP contribution in [0.2, 0.25) is 0 Å². The maximum Gasteiger partial charge on any atom is 0.262 e. The summed E-state index contributed by atoms with van der Waals surface area (Å²) in [6, 6.07) is 11.9. The summed E-state index contributed by atoms with van der Waals surface area (Å²) in [4.78, 5) is 39.6. The van der Waals surface area contributed by atoms with Gasteiger partial charge in [0, 0.05) is 13.1 Å². The number of fused-ring (bicyclic) bond motifs is 1. The number of imide groups is 1. The van der Waals surface area contributed by atoms with E-state index < -0.39 is 6.04 Å². The van der Waals surface area contributed by atoms with Crippen LogP contribution in [-0.4, -0.2) is 47.2 Å². The van der Waals surface area contributed by atoms with Crippen LogP contribution in [0.3, 0.4) is 0 Å². The summed E-state index contributed by atoms with van der Waals surface area (Å²) in [6.45, 7) is 0.577. The first kappa shape index (κ1) is 16.2. The third-order valence-corrected chi connectivity index (χ3v) is 4.78. The van der Waals surface area contributed by atoms with E-state index in [-0.39, 0.29) is 24.2 Å². The number of benzene rings is 2. The van der Waals surface area contributed by atoms with Gasteiger partial charge in [-0.25, -0.2) is 4.39 Å². The molecule has 0 fully saturated rings. The molecular weight excluding hydrogens is 335 g/mol. The molecule has 3 amide bonds. The Morgan fingerprint density at radius 1 is 0.962 bits per heavy atom. The Hall–Kier alpha value is -3.28. The van der Waals surface area contributed by atoms with Crippen molar-refractivity contribution >= 4 is 23.8 Å². The second kappa shape index (κ2) is 6.22. The Labute approximate surface area is 149 Å². The number of rotatable bonds is 3. The van der Waals surface area contributed by atoms with Crippen molar-refractivity contribution in [2.24, 2.45) is 0 Å². The minimum absolute atomic E-state index is 0.207. The van der Waals surface area contributed by atoms with Crippen LogP contribution in [0.5, 0.6) is 0 Å². The van der Waals surface area contributed by atoms with E-state index >= 15 is 0 Å². The van der Waals surface area contributed by atoms with Gasteiger partial charge in [-0.2, -0.15) is 0 Å². The highest BCUT2D eigenvalue weighted by Crippen LogP contribution is 2.32. The Balaban J connectivity index is 1.77. The topological polar surface area (TPSA) is 57.7 Å². The van der Waals surface area contributed by atoms with Crippen molar-refractivity contribution in [1.82, 2.24) is 9.80 Å². The van der Waals surface area contributed by atoms with E-state index in [4.69, 9.17) is 0 Å². The van der Waals surface area contributed by atoms with Crippen LogP contribution in [0.1, 0.15) is 26.3 Å². The SMILES string of the molecule is O=CN1CC=C(c2ccc(F)cc2)[C@H](N2C(=O)c3ccccc3C2=O)C1. The van der Waals surface area contributed by atoms with Crippen LogP contribution in [0, 0.1) is 5.82 Å². The summed E-state index contributed by atoms with van der Waals surface area (Å²) in [5.74, 6) is -1.12. The van der Waals surface area contributed by atoms with Crippen molar-refractivity contribution in [3.8, 4) is 0 Å². The maximum atomic E-state index is 13.3. The molecule has 0 N–H and O–H groups in total. The van der Waals surface area contributed by atoms with E-state index in [9.17, 15) is 18.8 Å². The summed E-state index contributed by atoms with van der Waals surface area (Å²) < 4.78 is 13.3. The fraction of sp³-hybridized carbons (Fsp3) is 0.150. The third-order valence-electron chi connectivity index (χ3n) is 4.78. The standard InChI is InChI=1S/C20H15FN2O3/c21-14-7-5-13(6-8-14)15-9-10-22(12-24)11-18(15)23-19(25)16-3-1-2-4-17(16)20(23)26/h1-9,12,18H,10-11H2/t18-/m1/s1. The van der Waals surface area contributed by atoms with Crippen LogP contribution in [-0.2, 0) is 4.79 Å². The fourth-order valence-electron chi connectivity index (χ4n) is 3.50. The number of hydrogen-bond donors (Lipinski definition) is 0. The van der Waals surface area contributed by atoms with Gasteiger partial charge in [-0.3, -0.25) is 19.3 Å². The molecule has 0 bridgehead atoms. The molecule has 6 heteroatoms. The minimum atomic E-state index is -0.619. The van der Waals surface area contributed by atoms with Crippen LogP contribution in [0.4, 0.5) is 4.39 Å². The second-order valence-corrected chi connectivity index (χ2v) is 6.27. The molecule has 0 spiro atoms. The average Bonchev–Trinajstić information content (AvgIpc) is 2.93. The van der Waals surface area contributed by atoms with Gasteiger partial charge in [0.2, 0.25) is 6.41 Å². The quantitative estimate of drug-likeness (QED) is 0.631. The van der Waals surface area contributed by atoms with Gasteiger partial charge in [-0.1, -0.05) is 30.3 Å². The molecule has 26 heavy (non-hydrogen) atoms. The van der Waals surface area contributed by atoms with Gasteiger partial charge in [0.05, 0.1) is 17.2 Å². The van der Waals surface area contributed by atoms with E-state index in [2.05, 4.69) is 0 Å². The number of nitrogens with zero attached hydrogens (tertiary/aromatic N) is 2. The summed E-state index contributed by atoms with van der Waals surface area (Å²) in [5.41, 5.74) is 2.18. The first-order chi connectivity index (χ1) is 12.6. The Morgan fingerprint density at radius 3 is 2.15 bits per heavy atom. The van der Waals surface area contributed by atoms with Crippen molar-refractivity contribution in [1.29, 1.82) is 0 Å². The smallest absolute Gasteiger partial charge is 0.262 e. The molecule has 0 aliphatic carbocycles. The largest absolute Gasteiger partial charge is 0.339 e. The van der Waals surface area contributed by atoms with Gasteiger partial charge in [0.15, 0.2) is 0 Å². The Bertz CT molecular complexity index is 901. The van der Waals surface area contributed by atoms with E-state index in [1.807, 2.05) is 0 Å². The average molecular weight is 350 g/mol. The number of hydrogen-bond acceptors (Lipinski definition) is 3. The molecule has 0 saturated heterocycles. The Kier molecular flexibility index (Phi) is 3.88. The molecule has 2 aliphatic rings. The molecule has 5 nitrogen and oxygen atoms in total. The summed E-state index contributed by atoms with van der Waals surface area (Å²) in [7, 11) is 0.